The number of nitrogens with zero attached hydrogens (tertiary/aromatic N) is 4. The molecule has 0 spiro atoms. The molecule has 5 nitrogen and oxygen atoms in total. The third-order valence-corrected chi connectivity index (χ3v) is 0.630. The fourth-order valence-electron chi connectivity index (χ4n) is 0.322. The predicted octanol–water partition coefficient (Wildman–Crippen LogP) is 0.673. The monoisotopic (exact) mass is 127 g/mol. The van der Waals surface area contributed by atoms with Crippen molar-refractivity contribution in [2.75, 3.05) is 0 Å². The van der Waals surface area contributed by atoms with Gasteiger partial charge in [-0.3, -0.25) is 0 Å². The van der Waals surface area contributed by atoms with E-state index in [9.17, 15) is 4.39 Å². The third kappa shape index (κ3) is 1.21. The molecule has 0 bridgehead atoms. The summed E-state index contributed by atoms with van der Waals surface area (Å²) in [6, 6.07) is 0. The number of aromatic nitrogens is 3. The quantitative estimate of drug-likeness (QED) is 0.563. The molecular formula is C3H2FN5. The van der Waals surface area contributed by atoms with E-state index in [0.29, 0.717) is 0 Å². The summed E-state index contributed by atoms with van der Waals surface area (Å²) in [6.07, 6.45) is 0.0337. The summed E-state index contributed by atoms with van der Waals surface area (Å²) in [4.78, 5) is 9.45. The van der Waals surface area contributed by atoms with Crippen LogP contribution < -0.4 is 0 Å². The lowest BCUT2D eigenvalue weighted by Gasteiger charge is -1.84. The lowest BCUT2D eigenvalue weighted by atomic mass is 11.0. The van der Waals surface area contributed by atoms with Crippen LogP contribution in [-0.4, -0.2) is 15.0 Å². The van der Waals surface area contributed by atoms with Crippen LogP contribution in [0.5, 0.6) is 0 Å². The molecule has 46 valence electrons. The second-order valence-corrected chi connectivity index (χ2v) is 1.17. The van der Waals surface area contributed by atoms with Gasteiger partial charge in [0.1, 0.15) is 6.33 Å². The molecule has 0 amide bonds. The van der Waals surface area contributed by atoms with Gasteiger partial charge in [0.05, 0.1) is 0 Å². The average Bonchev–Trinajstić information content (AvgIpc) is 1.88. The van der Waals surface area contributed by atoms with Crippen molar-refractivity contribution in [3.63, 3.8) is 0 Å². The molecule has 0 fully saturated rings. The largest absolute Gasteiger partial charge is 0.313 e. The van der Waals surface area contributed by atoms with Crippen LogP contribution in [0.4, 0.5) is 10.3 Å². The van der Waals surface area contributed by atoms with Crippen LogP contribution in [0.3, 0.4) is 0 Å². The van der Waals surface area contributed by atoms with Gasteiger partial charge in [-0.1, -0.05) is 0 Å². The SMILES string of the molecule is N=Nc1ncnc(F)n1. The second-order valence-electron chi connectivity index (χ2n) is 1.17. The van der Waals surface area contributed by atoms with Crippen LogP contribution in [0.1, 0.15) is 0 Å². The summed E-state index contributed by atoms with van der Waals surface area (Å²) in [5, 5.41) is 2.78. The van der Waals surface area contributed by atoms with E-state index in [2.05, 4.69) is 20.1 Å². The van der Waals surface area contributed by atoms with Gasteiger partial charge in [-0.05, 0) is 0 Å². The number of rotatable bonds is 1. The number of nitrogens with one attached hydrogen (secondary N) is 1. The fourth-order valence-corrected chi connectivity index (χ4v) is 0.322. The zero-order valence-electron chi connectivity index (χ0n) is 4.24. The number of hydrogen-bond acceptors (Lipinski definition) is 5. The molecule has 0 aliphatic rings. The Bertz CT molecular complexity index is 223. The van der Waals surface area contributed by atoms with E-state index in [1.54, 1.807) is 0 Å². The maximum absolute atomic E-state index is 11.9. The predicted molar refractivity (Wildman–Crippen MR) is 24.6 cm³/mol. The standard InChI is InChI=1S/C3H2FN5/c4-2-6-1-7-3(8-2)9-5/h1,5H. The summed E-state index contributed by atoms with van der Waals surface area (Å²) in [7, 11) is 0. The van der Waals surface area contributed by atoms with Gasteiger partial charge in [0.25, 0.3) is 5.95 Å². The maximum Gasteiger partial charge on any atom is 0.313 e. The molecular weight excluding hydrogens is 125 g/mol. The first-order chi connectivity index (χ1) is 4.33. The minimum atomic E-state index is -0.920. The van der Waals surface area contributed by atoms with E-state index in [-0.39, 0.29) is 5.95 Å². The molecule has 0 atom stereocenters. The topological polar surface area (TPSA) is 74.9 Å². The van der Waals surface area contributed by atoms with Crippen molar-refractivity contribution in [2.24, 2.45) is 5.11 Å². The van der Waals surface area contributed by atoms with Gasteiger partial charge in [0.15, 0.2) is 0 Å². The van der Waals surface area contributed by atoms with Gasteiger partial charge in [0.2, 0.25) is 0 Å². The van der Waals surface area contributed by atoms with Gasteiger partial charge in [0, 0.05) is 0 Å². The van der Waals surface area contributed by atoms with Crippen molar-refractivity contribution in [3.8, 4) is 0 Å². The molecule has 6 heteroatoms. The molecule has 0 saturated carbocycles. The number of hydrogen-bond donors (Lipinski definition) is 1. The van der Waals surface area contributed by atoms with Crippen molar-refractivity contribution in [1.82, 2.24) is 15.0 Å². The first-order valence-electron chi connectivity index (χ1n) is 2.05. The molecule has 0 unspecified atom stereocenters. The first kappa shape index (κ1) is 5.67. The molecule has 0 aliphatic carbocycles. The van der Waals surface area contributed by atoms with Gasteiger partial charge >= 0.3 is 6.08 Å². The highest BCUT2D eigenvalue weighted by Crippen LogP contribution is 1.97. The van der Waals surface area contributed by atoms with Crippen LogP contribution in [-0.2, 0) is 0 Å². The Hall–Kier alpha value is -1.46. The molecule has 1 aromatic rings. The van der Waals surface area contributed by atoms with Crippen LogP contribution in [0, 0.1) is 11.6 Å². The minimum Gasteiger partial charge on any atom is -0.201 e. The molecule has 1 aromatic heterocycles. The summed E-state index contributed by atoms with van der Waals surface area (Å²) in [6.45, 7) is 0. The van der Waals surface area contributed by atoms with Crippen molar-refractivity contribution >= 4 is 5.95 Å². The molecule has 0 aromatic carbocycles. The van der Waals surface area contributed by atoms with Crippen molar-refractivity contribution < 1.29 is 4.39 Å². The Kier molecular flexibility index (Phi) is 1.39. The Morgan fingerprint density at radius 2 is 2.33 bits per heavy atom. The zero-order valence-corrected chi connectivity index (χ0v) is 4.24. The van der Waals surface area contributed by atoms with Crippen molar-refractivity contribution in [3.05, 3.63) is 12.4 Å². The first-order valence-corrected chi connectivity index (χ1v) is 2.05. The highest BCUT2D eigenvalue weighted by Gasteiger charge is 1.93. The normalized spacial score (nSPS) is 9.00. The smallest absolute Gasteiger partial charge is 0.201 e. The fraction of sp³-hybridized carbons (Fsp3) is 0. The third-order valence-electron chi connectivity index (χ3n) is 0.630. The van der Waals surface area contributed by atoms with Gasteiger partial charge < -0.3 is 0 Å². The second kappa shape index (κ2) is 2.21. The van der Waals surface area contributed by atoms with Gasteiger partial charge in [-0.2, -0.15) is 19.3 Å². The highest BCUT2D eigenvalue weighted by atomic mass is 19.1. The Labute approximate surface area is 49.5 Å². The molecule has 1 heterocycles. The molecule has 1 rings (SSSR count). The highest BCUT2D eigenvalue weighted by molar-refractivity contribution is 5.06. The van der Waals surface area contributed by atoms with Crippen molar-refractivity contribution in [1.29, 1.82) is 5.53 Å². The van der Waals surface area contributed by atoms with Gasteiger partial charge in [-0.25, -0.2) is 5.53 Å². The molecule has 0 aliphatic heterocycles. The van der Waals surface area contributed by atoms with E-state index < -0.39 is 6.08 Å². The van der Waals surface area contributed by atoms with E-state index in [4.69, 9.17) is 5.53 Å². The lowest BCUT2D eigenvalue weighted by Crippen LogP contribution is -1.88. The summed E-state index contributed by atoms with van der Waals surface area (Å²) in [5.41, 5.74) is 6.35. The molecule has 0 saturated heterocycles. The minimum absolute atomic E-state index is 0.220. The van der Waals surface area contributed by atoms with Crippen molar-refractivity contribution in [2.45, 2.75) is 0 Å². The van der Waals surface area contributed by atoms with E-state index in [1.807, 2.05) is 0 Å². The van der Waals surface area contributed by atoms with Gasteiger partial charge in [-0.15, -0.1) is 5.11 Å². The summed E-state index contributed by atoms with van der Waals surface area (Å²) in [5.74, 6) is -0.220. The molecule has 1 N–H and O–H groups in total. The lowest BCUT2D eigenvalue weighted by molar-refractivity contribution is 0.532. The van der Waals surface area contributed by atoms with Crippen LogP contribution >= 0.6 is 0 Å². The average molecular weight is 127 g/mol. The Morgan fingerprint density at radius 1 is 1.56 bits per heavy atom. The molecule has 0 radical (unpaired) electrons. The van der Waals surface area contributed by atoms with Crippen LogP contribution in [0.25, 0.3) is 0 Å². The molecule has 9 heavy (non-hydrogen) atoms. The Morgan fingerprint density at radius 3 is 2.78 bits per heavy atom. The summed E-state index contributed by atoms with van der Waals surface area (Å²) >= 11 is 0. The van der Waals surface area contributed by atoms with Crippen LogP contribution in [0.15, 0.2) is 11.4 Å². The Balaban J connectivity index is 3.07. The van der Waals surface area contributed by atoms with E-state index in [0.717, 1.165) is 6.33 Å². The zero-order chi connectivity index (χ0) is 6.69. The van der Waals surface area contributed by atoms with Crippen LogP contribution in [0.2, 0.25) is 0 Å². The summed E-state index contributed by atoms with van der Waals surface area (Å²) < 4.78 is 11.9. The van der Waals surface area contributed by atoms with E-state index >= 15 is 0 Å². The number of halogens is 1. The maximum atomic E-state index is 11.9. The van der Waals surface area contributed by atoms with E-state index in [1.165, 1.54) is 0 Å².